The van der Waals surface area contributed by atoms with Gasteiger partial charge in [0.2, 0.25) is 5.91 Å². The number of para-hydroxylation sites is 1. The first kappa shape index (κ1) is 19.5. The van der Waals surface area contributed by atoms with E-state index < -0.39 is 11.0 Å². The Bertz CT molecular complexity index is 679. The van der Waals surface area contributed by atoms with Crippen LogP contribution in [-0.2, 0) is 9.53 Å². The number of carbonyl (C=O) groups is 2. The van der Waals surface area contributed by atoms with Gasteiger partial charge < -0.3 is 20.7 Å². The summed E-state index contributed by atoms with van der Waals surface area (Å²) in [6.45, 7) is 2.73. The van der Waals surface area contributed by atoms with E-state index in [-0.39, 0.29) is 24.2 Å². The number of rotatable bonds is 9. The first-order valence-corrected chi connectivity index (χ1v) is 8.66. The number of ether oxygens (including phenoxy) is 1. The highest BCUT2D eigenvalue weighted by Crippen LogP contribution is 2.37. The maximum atomic E-state index is 12.1. The minimum atomic E-state index is -0.795. The van der Waals surface area contributed by atoms with Crippen molar-refractivity contribution in [2.75, 3.05) is 23.4 Å². The molecule has 142 valence electrons. The third-order valence-corrected chi connectivity index (χ3v) is 4.25. The molecule has 1 aliphatic heterocycles. The number of amides is 2. The zero-order valence-electron chi connectivity index (χ0n) is 14.8. The molecule has 0 radical (unpaired) electrons. The Hall–Kier alpha value is -2.84. The second-order valence-electron chi connectivity index (χ2n) is 6.29. The average Bonchev–Trinajstić information content (AvgIpc) is 3.00. The number of hydrogen-bond acceptors (Lipinski definition) is 6. The number of benzene rings is 1. The Labute approximate surface area is 151 Å². The van der Waals surface area contributed by atoms with Crippen molar-refractivity contribution in [1.82, 2.24) is 0 Å². The van der Waals surface area contributed by atoms with E-state index in [1.165, 1.54) is 6.07 Å². The minimum Gasteiger partial charge on any atom is -0.450 e. The fraction of sp³-hybridized carbons (Fsp3) is 0.529. The van der Waals surface area contributed by atoms with Gasteiger partial charge >= 0.3 is 6.09 Å². The molecule has 1 aliphatic rings. The van der Waals surface area contributed by atoms with Crippen LogP contribution in [-0.4, -0.2) is 36.1 Å². The van der Waals surface area contributed by atoms with Gasteiger partial charge in [0.25, 0.3) is 5.69 Å². The Morgan fingerprint density at radius 3 is 2.85 bits per heavy atom. The van der Waals surface area contributed by atoms with Crippen LogP contribution in [0, 0.1) is 10.1 Å². The molecule has 0 unspecified atom stereocenters. The quantitative estimate of drug-likeness (QED) is 0.394. The number of nitro benzene ring substituents is 1. The zero-order valence-corrected chi connectivity index (χ0v) is 14.8. The monoisotopic (exact) mass is 364 g/mol. The van der Waals surface area contributed by atoms with Crippen molar-refractivity contribution in [2.45, 2.75) is 45.1 Å². The summed E-state index contributed by atoms with van der Waals surface area (Å²) in [5, 5.41) is 14.6. The average molecular weight is 364 g/mol. The summed E-state index contributed by atoms with van der Waals surface area (Å²) in [6, 6.07) is 4.70. The highest BCUT2D eigenvalue weighted by Gasteiger charge is 2.28. The highest BCUT2D eigenvalue weighted by atomic mass is 16.6. The van der Waals surface area contributed by atoms with Crippen molar-refractivity contribution in [3.8, 4) is 0 Å². The molecule has 1 aromatic rings. The van der Waals surface area contributed by atoms with Crippen LogP contribution in [0.15, 0.2) is 18.2 Å². The van der Waals surface area contributed by atoms with Gasteiger partial charge in [-0.05, 0) is 38.7 Å². The number of nitrogens with zero attached hydrogens (tertiary/aromatic N) is 2. The van der Waals surface area contributed by atoms with Crippen LogP contribution in [0.4, 0.5) is 21.9 Å². The number of primary amides is 1. The van der Waals surface area contributed by atoms with Gasteiger partial charge in [-0.25, -0.2) is 4.79 Å². The van der Waals surface area contributed by atoms with Gasteiger partial charge in [0.15, 0.2) is 0 Å². The molecule has 0 aliphatic carbocycles. The number of anilines is 2. The van der Waals surface area contributed by atoms with Crippen LogP contribution in [0.25, 0.3) is 0 Å². The predicted molar refractivity (Wildman–Crippen MR) is 97.2 cm³/mol. The van der Waals surface area contributed by atoms with Crippen molar-refractivity contribution in [3.63, 3.8) is 0 Å². The number of unbranched alkanes of at least 4 members (excludes halogenated alkanes) is 1. The van der Waals surface area contributed by atoms with Crippen molar-refractivity contribution in [3.05, 3.63) is 28.3 Å². The molecular weight excluding hydrogens is 340 g/mol. The molecule has 1 heterocycles. The van der Waals surface area contributed by atoms with E-state index in [1.807, 2.05) is 6.92 Å². The van der Waals surface area contributed by atoms with Gasteiger partial charge in [0.05, 0.1) is 17.2 Å². The normalized spacial score (nSPS) is 15.0. The van der Waals surface area contributed by atoms with Crippen LogP contribution in [0.5, 0.6) is 0 Å². The Balaban J connectivity index is 2.07. The maximum Gasteiger partial charge on any atom is 0.404 e. The number of nitrogens with two attached hydrogens (primary N) is 1. The van der Waals surface area contributed by atoms with E-state index in [1.54, 1.807) is 17.0 Å². The molecule has 0 spiro atoms. The van der Waals surface area contributed by atoms with Gasteiger partial charge in [-0.15, -0.1) is 0 Å². The molecule has 0 saturated carbocycles. The first-order chi connectivity index (χ1) is 12.4. The molecule has 1 saturated heterocycles. The summed E-state index contributed by atoms with van der Waals surface area (Å²) in [5.74, 6) is -0.0233. The van der Waals surface area contributed by atoms with E-state index in [2.05, 4.69) is 10.1 Å². The van der Waals surface area contributed by atoms with Crippen LogP contribution in [0.1, 0.15) is 39.0 Å². The predicted octanol–water partition coefficient (Wildman–Crippen LogP) is 2.79. The Kier molecular flexibility index (Phi) is 6.76. The molecule has 1 fully saturated rings. The SMILES string of the molecule is C[C@@H](CCCCOC(N)=O)Nc1c(N2CCCC2=O)cccc1[N+](=O)[O-]. The molecule has 1 atom stereocenters. The molecule has 26 heavy (non-hydrogen) atoms. The van der Waals surface area contributed by atoms with E-state index in [9.17, 15) is 19.7 Å². The lowest BCUT2D eigenvalue weighted by Gasteiger charge is -2.23. The number of nitro groups is 1. The third kappa shape index (κ3) is 5.08. The second-order valence-corrected chi connectivity index (χ2v) is 6.29. The molecular formula is C17H24N4O5. The van der Waals surface area contributed by atoms with Crippen LogP contribution in [0.2, 0.25) is 0 Å². The van der Waals surface area contributed by atoms with Crippen molar-refractivity contribution >= 4 is 29.1 Å². The van der Waals surface area contributed by atoms with Crippen molar-refractivity contribution in [2.24, 2.45) is 5.73 Å². The van der Waals surface area contributed by atoms with E-state index in [4.69, 9.17) is 5.73 Å². The summed E-state index contributed by atoms with van der Waals surface area (Å²) in [5.41, 5.74) is 5.77. The Morgan fingerprint density at radius 2 is 2.23 bits per heavy atom. The third-order valence-electron chi connectivity index (χ3n) is 4.25. The minimum absolute atomic E-state index is 0.0233. The first-order valence-electron chi connectivity index (χ1n) is 8.66. The Morgan fingerprint density at radius 1 is 1.46 bits per heavy atom. The largest absolute Gasteiger partial charge is 0.450 e. The number of hydrogen-bond donors (Lipinski definition) is 2. The summed E-state index contributed by atoms with van der Waals surface area (Å²) >= 11 is 0. The smallest absolute Gasteiger partial charge is 0.404 e. The molecule has 2 rings (SSSR count). The standard InChI is InChI=1S/C17H24N4O5/c1-12(6-2-3-11-26-17(18)23)19-16-13(20-10-5-9-15(20)22)7-4-8-14(16)21(24)25/h4,7-8,12,19H,2-3,5-6,9-11H2,1H3,(H2,18,23)/t12-/m0/s1. The fourth-order valence-electron chi connectivity index (χ4n) is 3.00. The molecule has 0 aromatic heterocycles. The zero-order chi connectivity index (χ0) is 19.1. The van der Waals surface area contributed by atoms with E-state index in [0.717, 1.165) is 19.3 Å². The van der Waals surface area contributed by atoms with Gasteiger partial charge in [-0.1, -0.05) is 6.07 Å². The summed E-state index contributed by atoms with van der Waals surface area (Å²) in [6.07, 6.45) is 2.55. The summed E-state index contributed by atoms with van der Waals surface area (Å²) in [7, 11) is 0. The van der Waals surface area contributed by atoms with Gasteiger partial charge in [0, 0.05) is 25.1 Å². The molecule has 9 heteroatoms. The van der Waals surface area contributed by atoms with E-state index in [0.29, 0.717) is 30.8 Å². The van der Waals surface area contributed by atoms with Crippen molar-refractivity contribution in [1.29, 1.82) is 0 Å². The molecule has 3 N–H and O–H groups in total. The van der Waals surface area contributed by atoms with Gasteiger partial charge in [-0.3, -0.25) is 14.9 Å². The molecule has 9 nitrogen and oxygen atoms in total. The number of carbonyl (C=O) groups excluding carboxylic acids is 2. The summed E-state index contributed by atoms with van der Waals surface area (Å²) < 4.78 is 4.68. The topological polar surface area (TPSA) is 128 Å². The lowest BCUT2D eigenvalue weighted by Crippen LogP contribution is -2.26. The van der Waals surface area contributed by atoms with Crippen LogP contribution < -0.4 is 16.0 Å². The van der Waals surface area contributed by atoms with Crippen LogP contribution >= 0.6 is 0 Å². The summed E-state index contributed by atoms with van der Waals surface area (Å²) in [4.78, 5) is 35.2. The fourth-order valence-corrected chi connectivity index (χ4v) is 3.00. The molecule has 2 amide bonds. The second kappa shape index (κ2) is 9.02. The lowest BCUT2D eigenvalue weighted by molar-refractivity contribution is -0.383. The molecule has 1 aromatic carbocycles. The van der Waals surface area contributed by atoms with Crippen molar-refractivity contribution < 1.29 is 19.2 Å². The highest BCUT2D eigenvalue weighted by molar-refractivity contribution is 6.00. The van der Waals surface area contributed by atoms with E-state index >= 15 is 0 Å². The number of nitrogens with one attached hydrogen (secondary N) is 1. The van der Waals surface area contributed by atoms with Gasteiger partial charge in [0.1, 0.15) is 5.69 Å². The molecule has 0 bridgehead atoms. The lowest BCUT2D eigenvalue weighted by atomic mass is 10.1. The van der Waals surface area contributed by atoms with Crippen LogP contribution in [0.3, 0.4) is 0 Å². The van der Waals surface area contributed by atoms with Gasteiger partial charge in [-0.2, -0.15) is 0 Å². The maximum absolute atomic E-state index is 12.1.